The Labute approximate surface area is 42.9 Å². The predicted octanol–water partition coefficient (Wildman–Crippen LogP) is 1.20. The van der Waals surface area contributed by atoms with Gasteiger partial charge in [0.15, 0.2) is 0 Å². The first-order chi connectivity index (χ1) is 1.41. The minimum Gasteiger partial charge on any atom is -0.344 e. The van der Waals surface area contributed by atoms with Gasteiger partial charge in [0.2, 0.25) is 0 Å². The molecule has 26 valence electrons. The van der Waals surface area contributed by atoms with Gasteiger partial charge in [-0.15, -0.1) is 31.5 Å². The second-order valence-electron chi connectivity index (χ2n) is 0.101. The summed E-state index contributed by atoms with van der Waals surface area (Å²) in [5, 5.41) is 0. The van der Waals surface area contributed by atoms with Gasteiger partial charge in [0.1, 0.15) is 0 Å². The fourth-order valence-electron chi connectivity index (χ4n) is 0. The monoisotopic (exact) mass is 187 g/mol. The van der Waals surface area contributed by atoms with Gasteiger partial charge in [-0.05, 0) is 0 Å². The van der Waals surface area contributed by atoms with Gasteiger partial charge in [-0.1, -0.05) is 0 Å². The van der Waals surface area contributed by atoms with Crippen LogP contribution in [0.1, 0.15) is 0 Å². The van der Waals surface area contributed by atoms with Crippen LogP contribution in [0.3, 0.4) is 0 Å². The SMILES string of the molecule is BrBBr.N. The lowest BCUT2D eigenvalue weighted by atomic mass is 10.8. The van der Waals surface area contributed by atoms with E-state index in [0.29, 0.717) is 0 Å². The molecule has 4 heavy (non-hydrogen) atoms. The summed E-state index contributed by atoms with van der Waals surface area (Å²) in [4.78, 5) is 0.875. The fraction of sp³-hybridized carbons (Fsp3) is 0. The molecule has 0 atom stereocenters. The van der Waals surface area contributed by atoms with Crippen molar-refractivity contribution in [1.82, 2.24) is 6.15 Å². The average Bonchev–Trinajstić information content (AvgIpc) is 0.918. The number of hydrogen-bond acceptors (Lipinski definition) is 1. The van der Waals surface area contributed by atoms with E-state index in [-0.39, 0.29) is 6.15 Å². The lowest BCUT2D eigenvalue weighted by molar-refractivity contribution is 2.13. The third-order valence-electron chi connectivity index (χ3n) is 0. The van der Waals surface area contributed by atoms with Crippen LogP contribution in [0.4, 0.5) is 0 Å². The van der Waals surface area contributed by atoms with E-state index in [1.165, 1.54) is 0 Å². The van der Waals surface area contributed by atoms with Crippen molar-refractivity contribution >= 4 is 36.4 Å². The van der Waals surface area contributed by atoms with Crippen LogP contribution in [0.2, 0.25) is 0 Å². The van der Waals surface area contributed by atoms with Crippen molar-refractivity contribution in [3.05, 3.63) is 0 Å². The molecular formula is H4BBr2N. The molecule has 0 aromatic carbocycles. The van der Waals surface area contributed by atoms with Crippen molar-refractivity contribution in [3.63, 3.8) is 0 Å². The second-order valence-corrected chi connectivity index (χ2v) is 2.73. The maximum atomic E-state index is 3.06. The van der Waals surface area contributed by atoms with E-state index >= 15 is 0 Å². The summed E-state index contributed by atoms with van der Waals surface area (Å²) < 4.78 is 0. The standard InChI is InChI=1S/BBr2H.H3N/c2-1-3;/h1H;1H3. The predicted molar refractivity (Wildman–Crippen MR) is 30.0 cm³/mol. The van der Waals surface area contributed by atoms with Gasteiger partial charge in [-0.2, -0.15) is 0 Å². The lowest BCUT2D eigenvalue weighted by Gasteiger charge is -1.36. The summed E-state index contributed by atoms with van der Waals surface area (Å²) in [5.74, 6) is 0. The van der Waals surface area contributed by atoms with Crippen LogP contribution in [0, 0.1) is 0 Å². The Morgan fingerprint density at radius 3 is 1.25 bits per heavy atom. The van der Waals surface area contributed by atoms with Crippen molar-refractivity contribution in [2.75, 3.05) is 0 Å². The van der Waals surface area contributed by atoms with E-state index in [0.717, 1.165) is 4.93 Å². The number of hydrogen-bond donors (Lipinski definition) is 1. The average molecular weight is 189 g/mol. The second kappa shape index (κ2) is 9.01. The van der Waals surface area contributed by atoms with E-state index in [4.69, 9.17) is 0 Å². The van der Waals surface area contributed by atoms with Gasteiger partial charge in [-0.25, -0.2) is 0 Å². The molecule has 0 unspecified atom stereocenters. The Hall–Kier alpha value is 0.985. The maximum absolute atomic E-state index is 3.06. The Kier molecular flexibility index (Phi) is 20.0. The van der Waals surface area contributed by atoms with E-state index in [1.54, 1.807) is 0 Å². The quantitative estimate of drug-likeness (QED) is 0.570. The highest BCUT2D eigenvalue weighted by Crippen LogP contribution is 1.77. The van der Waals surface area contributed by atoms with E-state index in [1.807, 2.05) is 0 Å². The lowest BCUT2D eigenvalue weighted by Crippen LogP contribution is -1.31. The zero-order valence-corrected chi connectivity index (χ0v) is 5.34. The molecule has 0 spiro atoms. The van der Waals surface area contributed by atoms with Crippen molar-refractivity contribution in [2.24, 2.45) is 0 Å². The Balaban J connectivity index is 0. The van der Waals surface area contributed by atoms with E-state index in [2.05, 4.69) is 31.5 Å². The minimum atomic E-state index is 0. The molecular weight excluding hydrogens is 185 g/mol. The van der Waals surface area contributed by atoms with Crippen LogP contribution in [0.25, 0.3) is 0 Å². The molecule has 0 aromatic heterocycles. The minimum absolute atomic E-state index is 0. The molecule has 4 heteroatoms. The fourth-order valence-corrected chi connectivity index (χ4v) is 0. The highest BCUT2D eigenvalue weighted by Gasteiger charge is 1.50. The largest absolute Gasteiger partial charge is 0.344 e. The smallest absolute Gasteiger partial charge is 0.282 e. The highest BCUT2D eigenvalue weighted by molar-refractivity contribution is 9.47. The third-order valence-corrected chi connectivity index (χ3v) is 0. The molecule has 0 bridgehead atoms. The molecule has 0 fully saturated rings. The van der Waals surface area contributed by atoms with Crippen LogP contribution >= 0.6 is 31.5 Å². The molecule has 0 aliphatic carbocycles. The summed E-state index contributed by atoms with van der Waals surface area (Å²) in [6.07, 6.45) is 0. The molecule has 0 amide bonds. The third kappa shape index (κ3) is 12.1. The van der Waals surface area contributed by atoms with Crippen LogP contribution in [0.5, 0.6) is 0 Å². The zero-order chi connectivity index (χ0) is 2.71. The van der Waals surface area contributed by atoms with Gasteiger partial charge in [0.25, 0.3) is 4.93 Å². The first-order valence-electron chi connectivity index (χ1n) is 0.535. The molecule has 0 rings (SSSR count). The maximum Gasteiger partial charge on any atom is 0.282 e. The first-order valence-corrected chi connectivity index (χ1v) is 2.78. The van der Waals surface area contributed by atoms with Crippen LogP contribution in [-0.2, 0) is 0 Å². The molecule has 0 aromatic rings. The van der Waals surface area contributed by atoms with Crippen LogP contribution < -0.4 is 6.15 Å². The topological polar surface area (TPSA) is 35.0 Å². The van der Waals surface area contributed by atoms with Gasteiger partial charge in [0.05, 0.1) is 0 Å². The van der Waals surface area contributed by atoms with Crippen molar-refractivity contribution in [1.29, 1.82) is 0 Å². The van der Waals surface area contributed by atoms with Crippen LogP contribution in [0.15, 0.2) is 0 Å². The highest BCUT2D eigenvalue weighted by atomic mass is 79.9. The van der Waals surface area contributed by atoms with Gasteiger partial charge < -0.3 is 6.15 Å². The molecule has 0 saturated heterocycles. The Bertz CT molecular complexity index is 6.00. The van der Waals surface area contributed by atoms with Crippen molar-refractivity contribution in [2.45, 2.75) is 0 Å². The summed E-state index contributed by atoms with van der Waals surface area (Å²) in [5.41, 5.74) is 0. The number of halogens is 2. The molecule has 0 heterocycles. The molecule has 0 aliphatic heterocycles. The van der Waals surface area contributed by atoms with E-state index in [9.17, 15) is 0 Å². The first kappa shape index (κ1) is 8.88. The van der Waals surface area contributed by atoms with Crippen LogP contribution in [-0.4, -0.2) is 4.93 Å². The molecule has 0 saturated carbocycles. The van der Waals surface area contributed by atoms with Gasteiger partial charge in [-0.3, -0.25) is 0 Å². The molecule has 3 N–H and O–H groups in total. The summed E-state index contributed by atoms with van der Waals surface area (Å²) in [7, 11) is 0. The summed E-state index contributed by atoms with van der Waals surface area (Å²) in [6.45, 7) is 0. The van der Waals surface area contributed by atoms with E-state index < -0.39 is 0 Å². The van der Waals surface area contributed by atoms with Gasteiger partial charge in [0, 0.05) is 0 Å². The zero-order valence-electron chi connectivity index (χ0n) is 2.17. The van der Waals surface area contributed by atoms with Gasteiger partial charge >= 0.3 is 0 Å². The normalized spacial score (nSPS) is 3.50. The Morgan fingerprint density at radius 2 is 1.25 bits per heavy atom. The molecule has 0 radical (unpaired) electrons. The summed E-state index contributed by atoms with van der Waals surface area (Å²) in [6, 6.07) is 0. The number of rotatable bonds is 0. The molecule has 0 aliphatic rings. The summed E-state index contributed by atoms with van der Waals surface area (Å²) >= 11 is 6.12. The van der Waals surface area contributed by atoms with Crippen molar-refractivity contribution < 1.29 is 0 Å². The van der Waals surface area contributed by atoms with Crippen molar-refractivity contribution in [3.8, 4) is 0 Å². The molecule has 1 nitrogen and oxygen atoms in total. The Morgan fingerprint density at radius 1 is 1.25 bits per heavy atom.